The van der Waals surface area contributed by atoms with Gasteiger partial charge in [0.25, 0.3) is 0 Å². The van der Waals surface area contributed by atoms with Crippen LogP contribution in [0.4, 0.5) is 0 Å². The Morgan fingerprint density at radius 3 is 2.71 bits per heavy atom. The van der Waals surface area contributed by atoms with Crippen molar-refractivity contribution in [2.45, 2.75) is 38.0 Å². The molecule has 2 rings (SSSR count). The lowest BCUT2D eigenvalue weighted by Crippen LogP contribution is -2.54. The molecule has 0 aromatic rings. The van der Waals surface area contributed by atoms with E-state index < -0.39 is 5.97 Å². The maximum absolute atomic E-state index is 11.2. The van der Waals surface area contributed by atoms with E-state index in [2.05, 4.69) is 11.8 Å². The van der Waals surface area contributed by atoms with E-state index in [0.717, 1.165) is 19.4 Å². The number of carboxylic acid groups (broad SMARTS) is 1. The molecule has 0 aromatic carbocycles. The van der Waals surface area contributed by atoms with Gasteiger partial charge in [0, 0.05) is 19.2 Å². The molecule has 5 nitrogen and oxygen atoms in total. The SMILES string of the molecule is CCN(C1CC(OC)C1)C1COCC1C(=O)O. The molecule has 17 heavy (non-hydrogen) atoms. The second-order valence-corrected chi connectivity index (χ2v) is 4.86. The maximum atomic E-state index is 11.2. The largest absolute Gasteiger partial charge is 0.481 e. The van der Waals surface area contributed by atoms with Gasteiger partial charge in [-0.1, -0.05) is 6.92 Å². The highest BCUT2D eigenvalue weighted by atomic mass is 16.5. The second-order valence-electron chi connectivity index (χ2n) is 4.86. The summed E-state index contributed by atoms with van der Waals surface area (Å²) in [6.07, 6.45) is 2.36. The lowest BCUT2D eigenvalue weighted by Gasteiger charge is -2.45. The summed E-state index contributed by atoms with van der Waals surface area (Å²) in [4.78, 5) is 13.4. The van der Waals surface area contributed by atoms with Crippen molar-refractivity contribution in [1.82, 2.24) is 4.90 Å². The molecule has 0 aromatic heterocycles. The zero-order valence-corrected chi connectivity index (χ0v) is 10.5. The fourth-order valence-corrected chi connectivity index (χ4v) is 2.87. The first-order valence-electron chi connectivity index (χ1n) is 6.26. The predicted octanol–water partition coefficient (Wildman–Crippen LogP) is 0.585. The third-order valence-corrected chi connectivity index (χ3v) is 4.03. The standard InChI is InChI=1S/C12H21NO4/c1-3-13(8-4-9(5-8)16-2)11-7-17-6-10(11)12(14)15/h8-11H,3-7H2,1-2H3,(H,14,15). The summed E-state index contributed by atoms with van der Waals surface area (Å²) in [5, 5.41) is 9.17. The summed E-state index contributed by atoms with van der Waals surface area (Å²) in [7, 11) is 1.73. The average molecular weight is 243 g/mol. The van der Waals surface area contributed by atoms with Crippen LogP contribution in [-0.4, -0.2) is 61.0 Å². The van der Waals surface area contributed by atoms with E-state index >= 15 is 0 Å². The number of hydrogen-bond acceptors (Lipinski definition) is 4. The average Bonchev–Trinajstić information content (AvgIpc) is 2.71. The first-order valence-corrected chi connectivity index (χ1v) is 6.26. The van der Waals surface area contributed by atoms with E-state index in [4.69, 9.17) is 14.6 Å². The molecule has 98 valence electrons. The molecule has 5 heteroatoms. The number of ether oxygens (including phenoxy) is 2. The summed E-state index contributed by atoms with van der Waals surface area (Å²) in [5.74, 6) is -1.12. The van der Waals surface area contributed by atoms with Crippen molar-refractivity contribution in [3.63, 3.8) is 0 Å². The number of methoxy groups -OCH3 is 1. The van der Waals surface area contributed by atoms with Crippen molar-refractivity contribution in [3.05, 3.63) is 0 Å². The van der Waals surface area contributed by atoms with Gasteiger partial charge >= 0.3 is 5.97 Å². The van der Waals surface area contributed by atoms with Crippen LogP contribution in [0.5, 0.6) is 0 Å². The second kappa shape index (κ2) is 5.33. The highest BCUT2D eigenvalue weighted by molar-refractivity contribution is 5.71. The molecule has 2 unspecified atom stereocenters. The first-order chi connectivity index (χ1) is 8.17. The topological polar surface area (TPSA) is 59.0 Å². The van der Waals surface area contributed by atoms with E-state index in [0.29, 0.717) is 25.4 Å². The number of carboxylic acids is 1. The van der Waals surface area contributed by atoms with Gasteiger partial charge in [0.15, 0.2) is 0 Å². The molecule has 1 aliphatic carbocycles. The molecule has 1 N–H and O–H groups in total. The monoisotopic (exact) mass is 243 g/mol. The summed E-state index contributed by atoms with van der Waals surface area (Å²) < 4.78 is 10.6. The Morgan fingerprint density at radius 2 is 2.18 bits per heavy atom. The van der Waals surface area contributed by atoms with Crippen LogP contribution in [0.15, 0.2) is 0 Å². The molecule has 1 heterocycles. The van der Waals surface area contributed by atoms with Crippen molar-refractivity contribution in [2.24, 2.45) is 5.92 Å². The number of aliphatic carboxylic acids is 1. The van der Waals surface area contributed by atoms with E-state index in [1.165, 1.54) is 0 Å². The molecular formula is C12H21NO4. The van der Waals surface area contributed by atoms with Gasteiger partial charge in [-0.15, -0.1) is 0 Å². The third-order valence-electron chi connectivity index (χ3n) is 4.03. The van der Waals surface area contributed by atoms with Crippen LogP contribution in [-0.2, 0) is 14.3 Å². The van der Waals surface area contributed by atoms with Crippen LogP contribution in [0.25, 0.3) is 0 Å². The van der Waals surface area contributed by atoms with E-state index in [9.17, 15) is 4.79 Å². The van der Waals surface area contributed by atoms with Gasteiger partial charge in [0.05, 0.1) is 25.2 Å². The van der Waals surface area contributed by atoms with Crippen molar-refractivity contribution >= 4 is 5.97 Å². The fraction of sp³-hybridized carbons (Fsp3) is 0.917. The van der Waals surface area contributed by atoms with Crippen LogP contribution in [0, 0.1) is 5.92 Å². The van der Waals surface area contributed by atoms with Crippen LogP contribution in [0.1, 0.15) is 19.8 Å². The minimum atomic E-state index is -0.742. The minimum Gasteiger partial charge on any atom is -0.481 e. The summed E-state index contributed by atoms with van der Waals surface area (Å²) in [5.41, 5.74) is 0. The van der Waals surface area contributed by atoms with Crippen molar-refractivity contribution < 1.29 is 19.4 Å². The predicted molar refractivity (Wildman–Crippen MR) is 61.9 cm³/mol. The molecule has 1 saturated carbocycles. The van der Waals surface area contributed by atoms with Gasteiger partial charge in [-0.3, -0.25) is 9.69 Å². The molecule has 0 bridgehead atoms. The smallest absolute Gasteiger partial charge is 0.310 e. The molecule has 2 fully saturated rings. The first kappa shape index (κ1) is 12.8. The Bertz CT molecular complexity index is 278. The van der Waals surface area contributed by atoms with Crippen LogP contribution >= 0.6 is 0 Å². The van der Waals surface area contributed by atoms with Crippen LogP contribution in [0.3, 0.4) is 0 Å². The fourth-order valence-electron chi connectivity index (χ4n) is 2.87. The molecular weight excluding hydrogens is 222 g/mol. The lowest BCUT2D eigenvalue weighted by molar-refractivity contribution is -0.144. The molecule has 1 saturated heterocycles. The Balaban J connectivity index is 1.96. The molecule has 0 radical (unpaired) electrons. The summed E-state index contributed by atoms with van der Waals surface area (Å²) in [6, 6.07) is 0.485. The van der Waals surface area contributed by atoms with Gasteiger partial charge in [-0.2, -0.15) is 0 Å². The number of carbonyl (C=O) groups is 1. The molecule has 2 aliphatic rings. The van der Waals surface area contributed by atoms with Gasteiger partial charge in [0.2, 0.25) is 0 Å². The maximum Gasteiger partial charge on any atom is 0.310 e. The van der Waals surface area contributed by atoms with Gasteiger partial charge < -0.3 is 14.6 Å². The Labute approximate surface area is 102 Å². The highest BCUT2D eigenvalue weighted by Crippen LogP contribution is 2.32. The Kier molecular flexibility index (Phi) is 4.01. The number of rotatable bonds is 5. The normalized spacial score (nSPS) is 37.1. The van der Waals surface area contributed by atoms with Crippen molar-refractivity contribution in [3.8, 4) is 0 Å². The van der Waals surface area contributed by atoms with Crippen LogP contribution < -0.4 is 0 Å². The zero-order valence-electron chi connectivity index (χ0n) is 10.5. The van der Waals surface area contributed by atoms with Gasteiger partial charge in [0.1, 0.15) is 0 Å². The number of hydrogen-bond donors (Lipinski definition) is 1. The minimum absolute atomic E-state index is 0.0281. The zero-order chi connectivity index (χ0) is 12.4. The number of nitrogens with zero attached hydrogens (tertiary/aromatic N) is 1. The van der Waals surface area contributed by atoms with Crippen molar-refractivity contribution in [1.29, 1.82) is 0 Å². The lowest BCUT2D eigenvalue weighted by atomic mass is 9.85. The Hall–Kier alpha value is -0.650. The molecule has 1 aliphatic heterocycles. The van der Waals surface area contributed by atoms with Crippen molar-refractivity contribution in [2.75, 3.05) is 26.9 Å². The quantitative estimate of drug-likeness (QED) is 0.765. The van der Waals surface area contributed by atoms with E-state index in [1.54, 1.807) is 7.11 Å². The third kappa shape index (κ3) is 2.46. The number of likely N-dealkylation sites (N-methyl/N-ethyl adjacent to an activating group) is 1. The molecule has 2 atom stereocenters. The highest BCUT2D eigenvalue weighted by Gasteiger charge is 2.43. The molecule has 0 amide bonds. The Morgan fingerprint density at radius 1 is 1.47 bits per heavy atom. The van der Waals surface area contributed by atoms with Gasteiger partial charge in [-0.05, 0) is 19.4 Å². The van der Waals surface area contributed by atoms with E-state index in [1.807, 2.05) is 0 Å². The summed E-state index contributed by atoms with van der Waals surface area (Å²) in [6.45, 7) is 3.84. The summed E-state index contributed by atoms with van der Waals surface area (Å²) >= 11 is 0. The van der Waals surface area contributed by atoms with Crippen LogP contribution in [0.2, 0.25) is 0 Å². The molecule has 0 spiro atoms. The van der Waals surface area contributed by atoms with Gasteiger partial charge in [-0.25, -0.2) is 0 Å². The van der Waals surface area contributed by atoms with E-state index in [-0.39, 0.29) is 12.0 Å².